The Hall–Kier alpha value is -1.42. The number of benzene rings is 1. The van der Waals surface area contributed by atoms with Crippen LogP contribution in [-0.2, 0) is 0 Å². The molecule has 0 fully saturated rings. The molecule has 0 aliphatic carbocycles. The van der Waals surface area contributed by atoms with E-state index in [2.05, 4.69) is 0 Å². The third kappa shape index (κ3) is 4.31. The topological polar surface area (TPSA) is 38.8 Å². The molecule has 0 N–H and O–H groups in total. The zero-order valence-electron chi connectivity index (χ0n) is 11.8. The lowest BCUT2D eigenvalue weighted by molar-refractivity contribution is 0.0793. The highest BCUT2D eigenvalue weighted by molar-refractivity contribution is 6.20. The molecule has 4 nitrogen and oxygen atoms in total. The molecule has 0 radical (unpaired) electrons. The van der Waals surface area contributed by atoms with Crippen molar-refractivity contribution >= 4 is 17.5 Å². The van der Waals surface area contributed by atoms with E-state index in [0.29, 0.717) is 23.6 Å². The van der Waals surface area contributed by atoms with Crippen LogP contribution in [0.2, 0.25) is 0 Å². The van der Waals surface area contributed by atoms with Crippen molar-refractivity contribution in [3.63, 3.8) is 0 Å². The van der Waals surface area contributed by atoms with Gasteiger partial charge in [-0.15, -0.1) is 11.6 Å². The van der Waals surface area contributed by atoms with Crippen LogP contribution in [0.25, 0.3) is 0 Å². The molecule has 0 bridgehead atoms. The Morgan fingerprint density at radius 1 is 1.32 bits per heavy atom. The average molecular weight is 286 g/mol. The highest BCUT2D eigenvalue weighted by Crippen LogP contribution is 2.27. The van der Waals surface area contributed by atoms with Crippen molar-refractivity contribution in [1.82, 2.24) is 4.90 Å². The molecule has 0 aliphatic heterocycles. The zero-order chi connectivity index (χ0) is 14.4. The quantitative estimate of drug-likeness (QED) is 0.755. The van der Waals surface area contributed by atoms with E-state index in [1.807, 2.05) is 6.92 Å². The van der Waals surface area contributed by atoms with Gasteiger partial charge in [0.15, 0.2) is 11.5 Å². The number of halogens is 1. The second-order valence-corrected chi connectivity index (χ2v) is 5.11. The minimum absolute atomic E-state index is 0.0562. The van der Waals surface area contributed by atoms with E-state index in [9.17, 15) is 4.79 Å². The standard InChI is InChI=1S/C14H20ClNO3/c1-10(15)7-8-16(2)14(17)11-5-6-12(18-3)13(9-11)19-4/h5-6,9-10H,7-8H2,1-4H3. The first-order chi connectivity index (χ1) is 8.99. The van der Waals surface area contributed by atoms with Crippen molar-refractivity contribution in [2.45, 2.75) is 18.7 Å². The van der Waals surface area contributed by atoms with Crippen LogP contribution in [0.1, 0.15) is 23.7 Å². The fourth-order valence-corrected chi connectivity index (χ4v) is 1.76. The van der Waals surface area contributed by atoms with E-state index in [1.54, 1.807) is 44.4 Å². The summed E-state index contributed by atoms with van der Waals surface area (Å²) < 4.78 is 10.3. The largest absolute Gasteiger partial charge is 0.493 e. The number of methoxy groups -OCH3 is 2. The van der Waals surface area contributed by atoms with Gasteiger partial charge in [-0.3, -0.25) is 4.79 Å². The SMILES string of the molecule is COc1ccc(C(=O)N(C)CCC(C)Cl)cc1OC. The third-order valence-corrected chi connectivity index (χ3v) is 3.06. The molecule has 0 saturated heterocycles. The second kappa shape index (κ2) is 7.24. The minimum atomic E-state index is -0.0572. The molecule has 1 amide bonds. The lowest BCUT2D eigenvalue weighted by atomic mass is 10.1. The molecule has 1 aromatic rings. The summed E-state index contributed by atoms with van der Waals surface area (Å²) in [5.74, 6) is 1.10. The van der Waals surface area contributed by atoms with E-state index in [0.717, 1.165) is 6.42 Å². The zero-order valence-corrected chi connectivity index (χ0v) is 12.5. The van der Waals surface area contributed by atoms with Crippen LogP contribution in [-0.4, -0.2) is 44.0 Å². The number of nitrogens with zero attached hydrogens (tertiary/aromatic N) is 1. The first-order valence-corrected chi connectivity index (χ1v) is 6.54. The van der Waals surface area contributed by atoms with E-state index in [4.69, 9.17) is 21.1 Å². The van der Waals surface area contributed by atoms with Gasteiger partial charge < -0.3 is 14.4 Å². The normalized spacial score (nSPS) is 11.8. The summed E-state index contributed by atoms with van der Waals surface area (Å²) in [6.45, 7) is 2.54. The average Bonchev–Trinajstić information content (AvgIpc) is 2.42. The van der Waals surface area contributed by atoms with Gasteiger partial charge in [0.05, 0.1) is 14.2 Å². The smallest absolute Gasteiger partial charge is 0.253 e. The molecule has 19 heavy (non-hydrogen) atoms. The number of hydrogen-bond acceptors (Lipinski definition) is 3. The predicted molar refractivity (Wildman–Crippen MR) is 76.4 cm³/mol. The van der Waals surface area contributed by atoms with Gasteiger partial charge in [-0.05, 0) is 31.5 Å². The van der Waals surface area contributed by atoms with Gasteiger partial charge in [-0.1, -0.05) is 0 Å². The van der Waals surface area contributed by atoms with Crippen molar-refractivity contribution in [3.8, 4) is 11.5 Å². The van der Waals surface area contributed by atoms with Crippen molar-refractivity contribution in [2.24, 2.45) is 0 Å². The fraction of sp³-hybridized carbons (Fsp3) is 0.500. The summed E-state index contributed by atoms with van der Waals surface area (Å²) >= 11 is 5.89. The van der Waals surface area contributed by atoms with Crippen LogP contribution in [0.3, 0.4) is 0 Å². The highest BCUT2D eigenvalue weighted by atomic mass is 35.5. The van der Waals surface area contributed by atoms with Crippen LogP contribution >= 0.6 is 11.6 Å². The second-order valence-electron chi connectivity index (χ2n) is 4.37. The van der Waals surface area contributed by atoms with Crippen molar-refractivity contribution < 1.29 is 14.3 Å². The molecule has 1 atom stereocenters. The summed E-state index contributed by atoms with van der Waals surface area (Å²) in [5, 5.41) is 0.0562. The van der Waals surface area contributed by atoms with Gasteiger partial charge in [-0.2, -0.15) is 0 Å². The van der Waals surface area contributed by atoms with Gasteiger partial charge in [0.1, 0.15) is 0 Å². The number of ether oxygens (including phenoxy) is 2. The molecule has 0 aromatic heterocycles. The number of carbonyl (C=O) groups is 1. The van der Waals surface area contributed by atoms with Crippen molar-refractivity contribution in [2.75, 3.05) is 27.8 Å². The van der Waals surface area contributed by atoms with Gasteiger partial charge >= 0.3 is 0 Å². The number of alkyl halides is 1. The molecule has 5 heteroatoms. The Labute approximate surface area is 119 Å². The summed E-state index contributed by atoms with van der Waals surface area (Å²) in [6, 6.07) is 5.14. The van der Waals surface area contributed by atoms with Gasteiger partial charge in [0.25, 0.3) is 5.91 Å². The monoisotopic (exact) mass is 285 g/mol. The molecule has 1 rings (SSSR count). The summed E-state index contributed by atoms with van der Waals surface area (Å²) in [7, 11) is 4.87. The van der Waals surface area contributed by atoms with Crippen LogP contribution in [0.4, 0.5) is 0 Å². The number of amides is 1. The maximum Gasteiger partial charge on any atom is 0.253 e. The first-order valence-electron chi connectivity index (χ1n) is 6.11. The Bertz CT molecular complexity index is 435. The highest BCUT2D eigenvalue weighted by Gasteiger charge is 2.15. The predicted octanol–water partition coefficient (Wildman–Crippen LogP) is 2.79. The Morgan fingerprint density at radius 3 is 2.47 bits per heavy atom. The maximum absolute atomic E-state index is 12.2. The molecule has 1 unspecified atom stereocenters. The summed E-state index contributed by atoms with van der Waals surface area (Å²) in [4.78, 5) is 13.9. The summed E-state index contributed by atoms with van der Waals surface area (Å²) in [5.41, 5.74) is 0.572. The number of carbonyl (C=O) groups excluding carboxylic acids is 1. The number of rotatable bonds is 6. The lowest BCUT2D eigenvalue weighted by Crippen LogP contribution is -2.28. The lowest BCUT2D eigenvalue weighted by Gasteiger charge is -2.18. The molecule has 0 saturated carbocycles. The third-order valence-electron chi connectivity index (χ3n) is 2.84. The molecule has 0 spiro atoms. The molecular weight excluding hydrogens is 266 g/mol. The first kappa shape index (κ1) is 15.6. The van der Waals surface area contributed by atoms with E-state index < -0.39 is 0 Å². The summed E-state index contributed by atoms with van der Waals surface area (Å²) in [6.07, 6.45) is 0.761. The number of hydrogen-bond donors (Lipinski definition) is 0. The van der Waals surface area contributed by atoms with Gasteiger partial charge in [0.2, 0.25) is 0 Å². The van der Waals surface area contributed by atoms with E-state index in [1.165, 1.54) is 0 Å². The van der Waals surface area contributed by atoms with Crippen LogP contribution in [0.15, 0.2) is 18.2 Å². The Morgan fingerprint density at radius 2 is 1.95 bits per heavy atom. The van der Waals surface area contributed by atoms with Crippen LogP contribution in [0, 0.1) is 0 Å². The maximum atomic E-state index is 12.2. The van der Waals surface area contributed by atoms with Gasteiger partial charge in [0, 0.05) is 24.5 Å². The minimum Gasteiger partial charge on any atom is -0.493 e. The van der Waals surface area contributed by atoms with Gasteiger partial charge in [-0.25, -0.2) is 0 Å². The van der Waals surface area contributed by atoms with E-state index >= 15 is 0 Å². The molecule has 1 aromatic carbocycles. The molecular formula is C14H20ClNO3. The van der Waals surface area contributed by atoms with Crippen LogP contribution < -0.4 is 9.47 Å². The Kier molecular flexibility index (Phi) is 5.96. The van der Waals surface area contributed by atoms with Crippen LogP contribution in [0.5, 0.6) is 11.5 Å². The Balaban J connectivity index is 2.81. The fourth-order valence-electron chi connectivity index (χ4n) is 1.66. The van der Waals surface area contributed by atoms with Crippen molar-refractivity contribution in [3.05, 3.63) is 23.8 Å². The van der Waals surface area contributed by atoms with E-state index in [-0.39, 0.29) is 11.3 Å². The molecule has 106 valence electrons. The molecule has 0 heterocycles. The molecule has 0 aliphatic rings. The van der Waals surface area contributed by atoms with Crippen molar-refractivity contribution in [1.29, 1.82) is 0 Å².